The Labute approximate surface area is 197 Å². The highest BCUT2D eigenvalue weighted by molar-refractivity contribution is 6.22. The standard InChI is InChI=1S/C25H26ClN3O4/c26-19-13-29(22-20(30)14-33-23(19)22)25(32)21(15-5-1-2-6-15)28-24(31)17-8-3-7-16(11-17)18-9-4-10-27-12-18/h3-4,7-12,15,19,21-23H,1-2,5-6,13-14H2,(H,28,31)/t19-,21?,22+,23+/m0/s1. The molecule has 2 aliphatic heterocycles. The lowest BCUT2D eigenvalue weighted by atomic mass is 9.95. The summed E-state index contributed by atoms with van der Waals surface area (Å²) in [5.74, 6) is -0.640. The maximum absolute atomic E-state index is 13.7. The fourth-order valence-corrected chi connectivity index (χ4v) is 5.63. The van der Waals surface area contributed by atoms with Gasteiger partial charge in [0, 0.05) is 30.1 Å². The topological polar surface area (TPSA) is 88.6 Å². The van der Waals surface area contributed by atoms with E-state index in [4.69, 9.17) is 16.3 Å². The summed E-state index contributed by atoms with van der Waals surface area (Å²) in [6.07, 6.45) is 6.74. The first-order valence-electron chi connectivity index (χ1n) is 11.4. The van der Waals surface area contributed by atoms with Crippen LogP contribution in [0.4, 0.5) is 0 Å². The molecular formula is C25H26ClN3O4. The Kier molecular flexibility index (Phi) is 6.17. The third-order valence-electron chi connectivity index (χ3n) is 6.95. The van der Waals surface area contributed by atoms with E-state index in [1.54, 1.807) is 24.5 Å². The average Bonchev–Trinajstić information content (AvgIpc) is 3.58. The van der Waals surface area contributed by atoms with Gasteiger partial charge in [0.15, 0.2) is 5.78 Å². The zero-order valence-electron chi connectivity index (χ0n) is 18.2. The summed E-state index contributed by atoms with van der Waals surface area (Å²) in [6, 6.07) is 9.71. The molecule has 172 valence electrons. The van der Waals surface area contributed by atoms with Gasteiger partial charge in [-0.3, -0.25) is 19.4 Å². The molecular weight excluding hydrogens is 442 g/mol. The first-order valence-corrected chi connectivity index (χ1v) is 11.9. The van der Waals surface area contributed by atoms with Gasteiger partial charge in [0.2, 0.25) is 5.91 Å². The molecule has 4 atom stereocenters. The molecule has 0 radical (unpaired) electrons. The minimum absolute atomic E-state index is 0.0239. The Hall–Kier alpha value is -2.77. The molecule has 1 N–H and O–H groups in total. The molecule has 0 spiro atoms. The lowest BCUT2D eigenvalue weighted by molar-refractivity contribution is -0.139. The van der Waals surface area contributed by atoms with Crippen LogP contribution in [0.15, 0.2) is 48.8 Å². The predicted octanol–water partition coefficient (Wildman–Crippen LogP) is 2.82. The lowest BCUT2D eigenvalue weighted by Gasteiger charge is -2.30. The highest BCUT2D eigenvalue weighted by Crippen LogP contribution is 2.34. The number of pyridine rings is 1. The SMILES string of the molecule is O=C(NC(C(=O)N1C[C@H](Cl)[C@H]2OCC(=O)[C@H]21)C1CCCC1)c1cccc(-c2cccnc2)c1. The molecule has 3 heterocycles. The van der Waals surface area contributed by atoms with Crippen LogP contribution >= 0.6 is 11.6 Å². The molecule has 1 aromatic heterocycles. The monoisotopic (exact) mass is 467 g/mol. The number of halogens is 1. The van der Waals surface area contributed by atoms with Crippen molar-refractivity contribution in [2.24, 2.45) is 5.92 Å². The number of benzene rings is 1. The smallest absolute Gasteiger partial charge is 0.251 e. The predicted molar refractivity (Wildman–Crippen MR) is 123 cm³/mol. The number of hydrogen-bond donors (Lipinski definition) is 1. The molecule has 3 fully saturated rings. The number of aromatic nitrogens is 1. The molecule has 2 amide bonds. The first kappa shape index (κ1) is 22.0. The number of Topliss-reactive ketones (excluding diaryl/α,β-unsaturated/α-hetero) is 1. The van der Waals surface area contributed by atoms with E-state index in [1.807, 2.05) is 24.3 Å². The molecule has 1 aliphatic carbocycles. The van der Waals surface area contributed by atoms with Crippen molar-refractivity contribution in [3.8, 4) is 11.1 Å². The van der Waals surface area contributed by atoms with Crippen molar-refractivity contribution in [3.05, 3.63) is 54.4 Å². The van der Waals surface area contributed by atoms with Gasteiger partial charge in [0.25, 0.3) is 5.91 Å². The van der Waals surface area contributed by atoms with Gasteiger partial charge in [0.1, 0.15) is 24.8 Å². The Morgan fingerprint density at radius 1 is 1.15 bits per heavy atom. The van der Waals surface area contributed by atoms with Crippen LogP contribution in [0.1, 0.15) is 36.0 Å². The zero-order chi connectivity index (χ0) is 22.9. The number of rotatable bonds is 5. The van der Waals surface area contributed by atoms with Gasteiger partial charge in [-0.2, -0.15) is 0 Å². The molecule has 1 unspecified atom stereocenters. The fraction of sp³-hybridized carbons (Fsp3) is 0.440. The van der Waals surface area contributed by atoms with Gasteiger partial charge < -0.3 is 15.0 Å². The third-order valence-corrected chi connectivity index (χ3v) is 7.34. The van der Waals surface area contributed by atoms with E-state index in [0.717, 1.165) is 36.8 Å². The van der Waals surface area contributed by atoms with E-state index in [1.165, 1.54) is 4.90 Å². The van der Waals surface area contributed by atoms with Crippen LogP contribution in [-0.4, -0.2) is 64.2 Å². The Morgan fingerprint density at radius 2 is 1.94 bits per heavy atom. The second-order valence-corrected chi connectivity index (χ2v) is 9.57. The van der Waals surface area contributed by atoms with E-state index < -0.39 is 23.6 Å². The maximum Gasteiger partial charge on any atom is 0.251 e. The van der Waals surface area contributed by atoms with Gasteiger partial charge in [-0.05, 0) is 42.5 Å². The summed E-state index contributed by atoms with van der Waals surface area (Å²) in [7, 11) is 0. The summed E-state index contributed by atoms with van der Waals surface area (Å²) < 4.78 is 5.52. The average molecular weight is 468 g/mol. The number of carbonyl (C=O) groups is 3. The summed E-state index contributed by atoms with van der Waals surface area (Å²) in [4.78, 5) is 45.0. The number of carbonyl (C=O) groups excluding carboxylic acids is 3. The van der Waals surface area contributed by atoms with Crippen LogP contribution in [-0.2, 0) is 14.3 Å². The minimum atomic E-state index is -0.696. The Morgan fingerprint density at radius 3 is 2.70 bits per heavy atom. The molecule has 2 aromatic rings. The van der Waals surface area contributed by atoms with E-state index >= 15 is 0 Å². The number of ether oxygens (including phenoxy) is 1. The molecule has 2 saturated heterocycles. The highest BCUT2D eigenvalue weighted by atomic mass is 35.5. The number of nitrogens with zero attached hydrogens (tertiary/aromatic N) is 2. The van der Waals surface area contributed by atoms with Crippen molar-refractivity contribution < 1.29 is 19.1 Å². The molecule has 7 nitrogen and oxygen atoms in total. The van der Waals surface area contributed by atoms with Crippen molar-refractivity contribution in [1.82, 2.24) is 15.2 Å². The van der Waals surface area contributed by atoms with Gasteiger partial charge in [-0.15, -0.1) is 11.6 Å². The second kappa shape index (κ2) is 9.23. The molecule has 0 bridgehead atoms. The zero-order valence-corrected chi connectivity index (χ0v) is 18.9. The van der Waals surface area contributed by atoms with E-state index in [-0.39, 0.29) is 36.7 Å². The Balaban J connectivity index is 1.38. The second-order valence-electron chi connectivity index (χ2n) is 9.01. The van der Waals surface area contributed by atoms with Crippen LogP contribution in [0, 0.1) is 5.92 Å². The molecule has 1 saturated carbocycles. The third kappa shape index (κ3) is 4.27. The summed E-state index contributed by atoms with van der Waals surface area (Å²) >= 11 is 6.40. The van der Waals surface area contributed by atoms with Crippen LogP contribution in [0.25, 0.3) is 11.1 Å². The van der Waals surface area contributed by atoms with E-state index in [0.29, 0.717) is 5.56 Å². The van der Waals surface area contributed by atoms with Gasteiger partial charge >= 0.3 is 0 Å². The van der Waals surface area contributed by atoms with Gasteiger partial charge in [-0.1, -0.05) is 31.0 Å². The quantitative estimate of drug-likeness (QED) is 0.683. The summed E-state index contributed by atoms with van der Waals surface area (Å²) in [5.41, 5.74) is 2.26. The number of ketones is 1. The van der Waals surface area contributed by atoms with Crippen LogP contribution in [0.5, 0.6) is 0 Å². The van der Waals surface area contributed by atoms with Crippen molar-refractivity contribution in [2.45, 2.75) is 49.2 Å². The number of nitrogens with one attached hydrogen (secondary N) is 1. The van der Waals surface area contributed by atoms with Crippen molar-refractivity contribution >= 4 is 29.2 Å². The normalized spacial score (nSPS) is 25.8. The van der Waals surface area contributed by atoms with E-state index in [2.05, 4.69) is 10.3 Å². The number of fused-ring (bicyclic) bond motifs is 1. The molecule has 33 heavy (non-hydrogen) atoms. The number of hydrogen-bond acceptors (Lipinski definition) is 5. The van der Waals surface area contributed by atoms with E-state index in [9.17, 15) is 14.4 Å². The molecule has 1 aromatic carbocycles. The number of alkyl halides is 1. The highest BCUT2D eigenvalue weighted by Gasteiger charge is 2.53. The summed E-state index contributed by atoms with van der Waals surface area (Å²) in [6.45, 7) is 0.223. The van der Waals surface area contributed by atoms with Gasteiger partial charge in [0.05, 0.1) is 5.38 Å². The first-order chi connectivity index (χ1) is 16.0. The molecule has 8 heteroatoms. The maximum atomic E-state index is 13.7. The Bertz CT molecular complexity index is 1060. The van der Waals surface area contributed by atoms with Crippen LogP contribution in [0.2, 0.25) is 0 Å². The lowest BCUT2D eigenvalue weighted by Crippen LogP contribution is -2.54. The largest absolute Gasteiger partial charge is 0.366 e. The minimum Gasteiger partial charge on any atom is -0.366 e. The molecule has 3 aliphatic rings. The van der Waals surface area contributed by atoms with Crippen LogP contribution < -0.4 is 5.32 Å². The molecule has 5 rings (SSSR count). The van der Waals surface area contributed by atoms with Gasteiger partial charge in [-0.25, -0.2) is 0 Å². The number of likely N-dealkylation sites (tertiary alicyclic amines) is 1. The fourth-order valence-electron chi connectivity index (χ4n) is 5.27. The summed E-state index contributed by atoms with van der Waals surface area (Å²) in [5, 5.41) is 2.57. The van der Waals surface area contributed by atoms with Crippen molar-refractivity contribution in [2.75, 3.05) is 13.2 Å². The number of amides is 2. The van der Waals surface area contributed by atoms with Crippen molar-refractivity contribution in [3.63, 3.8) is 0 Å². The van der Waals surface area contributed by atoms with Crippen molar-refractivity contribution in [1.29, 1.82) is 0 Å². The van der Waals surface area contributed by atoms with Crippen LogP contribution in [0.3, 0.4) is 0 Å².